The summed E-state index contributed by atoms with van der Waals surface area (Å²) in [5.41, 5.74) is 2.53. The molecule has 0 atom stereocenters. The van der Waals surface area contributed by atoms with E-state index in [0.717, 1.165) is 23.0 Å². The van der Waals surface area contributed by atoms with Crippen LogP contribution in [0.3, 0.4) is 0 Å². The number of halogens is 1. The fourth-order valence-electron chi connectivity index (χ4n) is 1.83. The molecule has 2 aromatic rings. The van der Waals surface area contributed by atoms with E-state index in [-0.39, 0.29) is 5.82 Å². The van der Waals surface area contributed by atoms with Crippen LogP contribution in [-0.4, -0.2) is 23.3 Å². The quantitative estimate of drug-likeness (QED) is 0.777. The fraction of sp³-hybridized carbons (Fsp3) is 0.273. The number of hydrogen-bond donors (Lipinski definition) is 0. The predicted octanol–water partition coefficient (Wildman–Crippen LogP) is 2.08. The second kappa shape index (κ2) is 4.29. The zero-order valence-electron chi connectivity index (χ0n) is 8.97. The number of anilines is 1. The van der Waals surface area contributed by atoms with Gasteiger partial charge >= 0.3 is 0 Å². The first-order chi connectivity index (χ1) is 8.33. The van der Waals surface area contributed by atoms with Crippen LogP contribution in [-0.2, 0) is 6.54 Å². The molecule has 0 N–H and O–H groups in total. The summed E-state index contributed by atoms with van der Waals surface area (Å²) in [4.78, 5) is 2.04. The van der Waals surface area contributed by atoms with Gasteiger partial charge in [-0.3, -0.25) is 0 Å². The lowest BCUT2D eigenvalue weighted by atomic mass is 10.2. The monoisotopic (exact) mass is 251 g/mol. The van der Waals surface area contributed by atoms with E-state index in [1.165, 1.54) is 23.5 Å². The summed E-state index contributed by atoms with van der Waals surface area (Å²) in [7, 11) is 0. The molecule has 0 radical (unpaired) electrons. The molecule has 1 aromatic carbocycles. The first-order valence-electron chi connectivity index (χ1n) is 5.25. The third kappa shape index (κ3) is 2.08. The van der Waals surface area contributed by atoms with E-state index in [4.69, 9.17) is 4.74 Å². The largest absolute Gasteiger partial charge is 0.491 e. The molecule has 0 bridgehead atoms. The summed E-state index contributed by atoms with van der Waals surface area (Å²) in [5, 5.41) is 8.67. The second-order valence-corrected chi connectivity index (χ2v) is 4.56. The van der Waals surface area contributed by atoms with Crippen molar-refractivity contribution in [2.45, 2.75) is 6.54 Å². The Morgan fingerprint density at radius 2 is 2.35 bits per heavy atom. The van der Waals surface area contributed by atoms with Crippen LogP contribution in [0.4, 0.5) is 9.52 Å². The first kappa shape index (κ1) is 10.5. The van der Waals surface area contributed by atoms with E-state index in [9.17, 15) is 4.39 Å². The minimum Gasteiger partial charge on any atom is -0.491 e. The van der Waals surface area contributed by atoms with Gasteiger partial charge in [0.15, 0.2) is 0 Å². The Balaban J connectivity index is 1.93. The van der Waals surface area contributed by atoms with Gasteiger partial charge in [0.25, 0.3) is 0 Å². The zero-order chi connectivity index (χ0) is 11.7. The van der Waals surface area contributed by atoms with Crippen molar-refractivity contribution in [1.29, 1.82) is 0 Å². The molecule has 4 nitrogen and oxygen atoms in total. The molecule has 0 fully saturated rings. The summed E-state index contributed by atoms with van der Waals surface area (Å²) in [6.45, 7) is 1.89. The number of fused-ring (bicyclic) bond motifs is 1. The number of aromatic nitrogens is 2. The molecular weight excluding hydrogens is 241 g/mol. The van der Waals surface area contributed by atoms with Gasteiger partial charge in [0, 0.05) is 12.1 Å². The summed E-state index contributed by atoms with van der Waals surface area (Å²) in [5.74, 6) is 0.505. The molecule has 6 heteroatoms. The molecule has 0 saturated heterocycles. The van der Waals surface area contributed by atoms with Gasteiger partial charge in [-0.25, -0.2) is 4.39 Å². The second-order valence-electron chi connectivity index (χ2n) is 3.74. The van der Waals surface area contributed by atoms with Crippen LogP contribution in [0.5, 0.6) is 5.75 Å². The van der Waals surface area contributed by atoms with E-state index in [0.29, 0.717) is 13.2 Å². The minimum atomic E-state index is -0.244. The van der Waals surface area contributed by atoms with Crippen molar-refractivity contribution in [3.8, 4) is 5.75 Å². The van der Waals surface area contributed by atoms with Gasteiger partial charge in [-0.2, -0.15) is 0 Å². The highest BCUT2D eigenvalue weighted by molar-refractivity contribution is 7.13. The predicted molar refractivity (Wildman–Crippen MR) is 62.9 cm³/mol. The van der Waals surface area contributed by atoms with Gasteiger partial charge in [0.05, 0.1) is 6.54 Å². The number of nitrogens with zero attached hydrogens (tertiary/aromatic N) is 3. The Kier molecular flexibility index (Phi) is 2.64. The van der Waals surface area contributed by atoms with Crippen LogP contribution in [0, 0.1) is 5.82 Å². The SMILES string of the molecule is Fc1ccc2c(c1)CN(c1nncs1)CCO2. The lowest BCUT2D eigenvalue weighted by Crippen LogP contribution is -2.25. The lowest BCUT2D eigenvalue weighted by Gasteiger charge is -2.17. The minimum absolute atomic E-state index is 0.244. The van der Waals surface area contributed by atoms with Crippen molar-refractivity contribution >= 4 is 16.5 Å². The Morgan fingerprint density at radius 1 is 1.41 bits per heavy atom. The van der Waals surface area contributed by atoms with E-state index < -0.39 is 0 Å². The standard InChI is InChI=1S/C11H10FN3OS/c12-9-1-2-10-8(5-9)6-15(3-4-16-10)11-14-13-7-17-11/h1-2,5,7H,3-4,6H2. The highest BCUT2D eigenvalue weighted by Gasteiger charge is 2.18. The van der Waals surface area contributed by atoms with Crippen LogP contribution in [0.15, 0.2) is 23.7 Å². The topological polar surface area (TPSA) is 38.2 Å². The molecule has 1 aromatic heterocycles. The highest BCUT2D eigenvalue weighted by atomic mass is 32.1. The summed E-state index contributed by atoms with van der Waals surface area (Å²) in [6.07, 6.45) is 0. The maximum absolute atomic E-state index is 13.2. The Bertz CT molecular complexity index is 517. The third-order valence-corrected chi connectivity index (χ3v) is 3.37. The number of ether oxygens (including phenoxy) is 1. The molecular formula is C11H10FN3OS. The average Bonchev–Trinajstić information content (AvgIpc) is 2.77. The van der Waals surface area contributed by atoms with Crippen LogP contribution >= 0.6 is 11.3 Å². The van der Waals surface area contributed by atoms with E-state index >= 15 is 0 Å². The highest BCUT2D eigenvalue weighted by Crippen LogP contribution is 2.27. The molecule has 88 valence electrons. The Morgan fingerprint density at radius 3 is 3.18 bits per heavy atom. The number of rotatable bonds is 1. The van der Waals surface area contributed by atoms with Crippen LogP contribution in [0.1, 0.15) is 5.56 Å². The van der Waals surface area contributed by atoms with Gasteiger partial charge in [0.2, 0.25) is 5.13 Å². The third-order valence-electron chi connectivity index (χ3n) is 2.62. The van der Waals surface area contributed by atoms with Gasteiger partial charge < -0.3 is 9.64 Å². The van der Waals surface area contributed by atoms with Crippen molar-refractivity contribution in [1.82, 2.24) is 10.2 Å². The molecule has 1 aliphatic heterocycles. The van der Waals surface area contributed by atoms with Gasteiger partial charge in [-0.1, -0.05) is 11.3 Å². The Hall–Kier alpha value is -1.69. The maximum Gasteiger partial charge on any atom is 0.208 e. The van der Waals surface area contributed by atoms with Gasteiger partial charge in [0.1, 0.15) is 23.7 Å². The molecule has 0 saturated carbocycles. The molecule has 3 rings (SSSR count). The molecule has 0 amide bonds. The van der Waals surface area contributed by atoms with Crippen molar-refractivity contribution in [3.05, 3.63) is 35.1 Å². The summed E-state index contributed by atoms with van der Waals surface area (Å²) in [6, 6.07) is 4.60. The fourth-order valence-corrected chi connectivity index (χ4v) is 2.42. The molecule has 0 unspecified atom stereocenters. The van der Waals surface area contributed by atoms with E-state index in [1.807, 2.05) is 4.90 Å². The van der Waals surface area contributed by atoms with Crippen molar-refractivity contribution in [2.75, 3.05) is 18.1 Å². The van der Waals surface area contributed by atoms with Crippen LogP contribution in [0.25, 0.3) is 0 Å². The summed E-state index contributed by atoms with van der Waals surface area (Å²) < 4.78 is 18.8. The molecule has 1 aliphatic rings. The molecule has 17 heavy (non-hydrogen) atoms. The zero-order valence-corrected chi connectivity index (χ0v) is 9.78. The van der Waals surface area contributed by atoms with Crippen molar-refractivity contribution in [3.63, 3.8) is 0 Å². The van der Waals surface area contributed by atoms with Crippen LogP contribution in [0.2, 0.25) is 0 Å². The van der Waals surface area contributed by atoms with Crippen molar-refractivity contribution < 1.29 is 9.13 Å². The van der Waals surface area contributed by atoms with E-state index in [2.05, 4.69) is 10.2 Å². The molecule has 2 heterocycles. The van der Waals surface area contributed by atoms with Crippen LogP contribution < -0.4 is 9.64 Å². The lowest BCUT2D eigenvalue weighted by molar-refractivity contribution is 0.331. The molecule has 0 aliphatic carbocycles. The number of hydrogen-bond acceptors (Lipinski definition) is 5. The first-order valence-corrected chi connectivity index (χ1v) is 6.13. The van der Waals surface area contributed by atoms with Gasteiger partial charge in [-0.05, 0) is 18.2 Å². The Labute approximate surface area is 102 Å². The van der Waals surface area contributed by atoms with Crippen molar-refractivity contribution in [2.24, 2.45) is 0 Å². The average molecular weight is 251 g/mol. The summed E-state index contributed by atoms with van der Waals surface area (Å²) >= 11 is 1.47. The van der Waals surface area contributed by atoms with Gasteiger partial charge in [-0.15, -0.1) is 10.2 Å². The molecule has 0 spiro atoms. The maximum atomic E-state index is 13.2. The van der Waals surface area contributed by atoms with E-state index in [1.54, 1.807) is 11.6 Å². The smallest absolute Gasteiger partial charge is 0.208 e. The normalized spacial score (nSPS) is 15.0. The number of benzene rings is 1.